The number of carbonyl (C=O) groups excluding carboxylic acids is 1. The first-order valence-electron chi connectivity index (χ1n) is 10.2. The zero-order valence-electron chi connectivity index (χ0n) is 18.6. The highest BCUT2D eigenvalue weighted by Gasteiger charge is 2.28. The minimum absolute atomic E-state index is 0.247. The van der Waals surface area contributed by atoms with E-state index in [0.717, 1.165) is 22.3 Å². The van der Waals surface area contributed by atoms with Crippen LogP contribution in [0.25, 0.3) is 11.1 Å². The fourth-order valence-electron chi connectivity index (χ4n) is 3.47. The van der Waals surface area contributed by atoms with E-state index in [1.807, 2.05) is 90.1 Å². The van der Waals surface area contributed by atoms with Crippen LogP contribution in [0.2, 0.25) is 0 Å². The van der Waals surface area contributed by atoms with Crippen molar-refractivity contribution in [1.29, 1.82) is 0 Å². The molecule has 0 saturated carbocycles. The topological polar surface area (TPSA) is 46.5 Å². The normalized spacial score (nSPS) is 11.9. The van der Waals surface area contributed by atoms with Gasteiger partial charge in [0.2, 0.25) is 0 Å². The quantitative estimate of drug-likeness (QED) is 0.384. The Balaban J connectivity index is 2.05. The molecule has 0 radical (unpaired) electrons. The lowest BCUT2D eigenvalue weighted by Crippen LogP contribution is -2.20. The van der Waals surface area contributed by atoms with Crippen molar-refractivity contribution in [2.75, 3.05) is 0 Å². The number of carbonyl (C=O) groups is 1. The molecule has 156 valence electrons. The van der Waals surface area contributed by atoms with Gasteiger partial charge in [-0.15, -0.1) is 0 Å². The van der Waals surface area contributed by atoms with Gasteiger partial charge in [-0.2, -0.15) is 0 Å². The molecule has 0 aromatic heterocycles. The Labute approximate surface area is 179 Å². The van der Waals surface area contributed by atoms with Crippen LogP contribution in [0.5, 0.6) is 11.5 Å². The number of esters is 1. The van der Waals surface area contributed by atoms with Crippen molar-refractivity contribution >= 4 is 5.97 Å². The second kappa shape index (κ2) is 7.98. The van der Waals surface area contributed by atoms with Gasteiger partial charge in [0.05, 0.1) is 5.56 Å². The Kier molecular flexibility index (Phi) is 5.76. The largest absolute Gasteiger partial charge is 0.507 e. The third-order valence-corrected chi connectivity index (χ3v) is 5.14. The summed E-state index contributed by atoms with van der Waals surface area (Å²) in [6.45, 7) is 12.1. The summed E-state index contributed by atoms with van der Waals surface area (Å²) in [5, 5.41) is 10.9. The molecule has 0 atom stereocenters. The van der Waals surface area contributed by atoms with Gasteiger partial charge in [-0.3, -0.25) is 0 Å². The highest BCUT2D eigenvalue weighted by Crippen LogP contribution is 2.40. The third-order valence-electron chi connectivity index (χ3n) is 5.14. The molecule has 3 heteroatoms. The van der Waals surface area contributed by atoms with Crippen LogP contribution in [0.15, 0.2) is 66.7 Å². The predicted molar refractivity (Wildman–Crippen MR) is 122 cm³/mol. The Bertz CT molecular complexity index is 1020. The lowest BCUT2D eigenvalue weighted by Gasteiger charge is -2.28. The maximum Gasteiger partial charge on any atom is 0.343 e. The van der Waals surface area contributed by atoms with E-state index in [-0.39, 0.29) is 16.6 Å². The number of ether oxygens (including phenoxy) is 1. The molecule has 0 heterocycles. The van der Waals surface area contributed by atoms with E-state index in [9.17, 15) is 9.90 Å². The molecule has 3 aromatic carbocycles. The molecule has 1 N–H and O–H groups in total. The van der Waals surface area contributed by atoms with Crippen molar-refractivity contribution in [3.8, 4) is 22.6 Å². The fourth-order valence-corrected chi connectivity index (χ4v) is 3.47. The molecule has 3 nitrogen and oxygen atoms in total. The van der Waals surface area contributed by atoms with Crippen molar-refractivity contribution in [2.24, 2.45) is 0 Å². The highest BCUT2D eigenvalue weighted by molar-refractivity contribution is 5.93. The van der Waals surface area contributed by atoms with Gasteiger partial charge in [0.25, 0.3) is 0 Å². The van der Waals surface area contributed by atoms with Gasteiger partial charge in [0.15, 0.2) is 0 Å². The van der Waals surface area contributed by atoms with Gasteiger partial charge in [-0.25, -0.2) is 4.79 Å². The Hall–Kier alpha value is -3.07. The van der Waals surface area contributed by atoms with E-state index in [1.54, 1.807) is 18.2 Å². The van der Waals surface area contributed by atoms with E-state index in [2.05, 4.69) is 0 Å². The van der Waals surface area contributed by atoms with E-state index in [4.69, 9.17) is 4.74 Å². The molecule has 0 saturated heterocycles. The van der Waals surface area contributed by atoms with E-state index < -0.39 is 5.97 Å². The number of phenols is 1. The second-order valence-corrected chi connectivity index (χ2v) is 9.67. The number of aromatic hydroxyl groups is 1. The van der Waals surface area contributed by atoms with Gasteiger partial charge >= 0.3 is 5.97 Å². The molecular weight excluding hydrogens is 372 g/mol. The molecule has 0 aliphatic rings. The molecule has 0 aliphatic carbocycles. The smallest absolute Gasteiger partial charge is 0.343 e. The van der Waals surface area contributed by atoms with Gasteiger partial charge in [0, 0.05) is 16.7 Å². The minimum atomic E-state index is -0.436. The van der Waals surface area contributed by atoms with Crippen molar-refractivity contribution in [3.05, 3.63) is 83.4 Å². The van der Waals surface area contributed by atoms with Crippen LogP contribution >= 0.6 is 0 Å². The van der Waals surface area contributed by atoms with Crippen molar-refractivity contribution < 1.29 is 14.6 Å². The van der Waals surface area contributed by atoms with Crippen LogP contribution in [0.4, 0.5) is 0 Å². The molecular formula is C27H30O3. The maximum atomic E-state index is 13.2. The van der Waals surface area contributed by atoms with Crippen molar-refractivity contribution in [1.82, 2.24) is 0 Å². The molecule has 3 aromatic rings. The molecule has 0 fully saturated rings. The number of hydrogen-bond acceptors (Lipinski definition) is 3. The summed E-state index contributed by atoms with van der Waals surface area (Å²) in [4.78, 5) is 13.2. The van der Waals surface area contributed by atoms with Crippen LogP contribution in [0.3, 0.4) is 0 Å². The van der Waals surface area contributed by atoms with Gasteiger partial charge < -0.3 is 9.84 Å². The zero-order chi connectivity index (χ0) is 22.1. The van der Waals surface area contributed by atoms with Crippen molar-refractivity contribution in [3.63, 3.8) is 0 Å². The summed E-state index contributed by atoms with van der Waals surface area (Å²) in [6.07, 6.45) is 0. The summed E-state index contributed by atoms with van der Waals surface area (Å²) >= 11 is 0. The zero-order valence-corrected chi connectivity index (χ0v) is 18.6. The fraction of sp³-hybridized carbons (Fsp3) is 0.296. The standard InChI is InChI=1S/C27H30O3/c1-26(2,3)21-16-19(17-22(24(21)28)27(4,5)6)25(29)30-23-15-11-10-14-20(23)18-12-8-7-9-13-18/h7-17,28H,1-6H3. The van der Waals surface area contributed by atoms with Gasteiger partial charge in [-0.05, 0) is 34.6 Å². The van der Waals surface area contributed by atoms with Crippen LogP contribution in [-0.2, 0) is 10.8 Å². The molecule has 0 bridgehead atoms. The molecule has 0 amide bonds. The lowest BCUT2D eigenvalue weighted by molar-refractivity contribution is 0.0735. The number of phenolic OH excluding ortho intramolecular Hbond substituents is 1. The molecule has 0 unspecified atom stereocenters. The van der Waals surface area contributed by atoms with E-state index >= 15 is 0 Å². The van der Waals surface area contributed by atoms with Crippen LogP contribution < -0.4 is 4.74 Å². The molecule has 0 spiro atoms. The number of hydrogen-bond donors (Lipinski definition) is 1. The summed E-state index contributed by atoms with van der Waals surface area (Å²) in [5.41, 5.74) is 3.11. The van der Waals surface area contributed by atoms with Crippen LogP contribution in [0, 0.1) is 0 Å². The molecule has 3 rings (SSSR count). The monoisotopic (exact) mass is 402 g/mol. The van der Waals surface area contributed by atoms with Gasteiger partial charge in [0.1, 0.15) is 11.5 Å². The minimum Gasteiger partial charge on any atom is -0.507 e. The van der Waals surface area contributed by atoms with Gasteiger partial charge in [-0.1, -0.05) is 90.1 Å². The summed E-state index contributed by atoms with van der Waals surface area (Å²) in [7, 11) is 0. The Morgan fingerprint density at radius 2 is 1.27 bits per heavy atom. The Morgan fingerprint density at radius 3 is 1.80 bits per heavy atom. The average molecular weight is 403 g/mol. The first-order valence-corrected chi connectivity index (χ1v) is 10.2. The average Bonchev–Trinajstić information content (AvgIpc) is 2.67. The maximum absolute atomic E-state index is 13.2. The summed E-state index contributed by atoms with van der Waals surface area (Å²) in [6, 6.07) is 20.9. The molecule has 30 heavy (non-hydrogen) atoms. The van der Waals surface area contributed by atoms with Crippen LogP contribution in [-0.4, -0.2) is 11.1 Å². The predicted octanol–water partition coefficient (Wildman–Crippen LogP) is 6.87. The van der Waals surface area contributed by atoms with Crippen molar-refractivity contribution in [2.45, 2.75) is 52.4 Å². The summed E-state index contributed by atoms with van der Waals surface area (Å²) in [5.74, 6) is 0.321. The first kappa shape index (κ1) is 21.6. The van der Waals surface area contributed by atoms with E-state index in [0.29, 0.717) is 11.3 Å². The van der Waals surface area contributed by atoms with E-state index in [1.165, 1.54) is 0 Å². The number of benzene rings is 3. The summed E-state index contributed by atoms with van der Waals surface area (Å²) < 4.78 is 5.84. The second-order valence-electron chi connectivity index (χ2n) is 9.67. The van der Waals surface area contributed by atoms with Crippen LogP contribution in [0.1, 0.15) is 63.0 Å². The third kappa shape index (κ3) is 4.56. The number of para-hydroxylation sites is 1. The SMILES string of the molecule is CC(C)(C)c1cc(C(=O)Oc2ccccc2-c2ccccc2)cc(C(C)(C)C)c1O. The molecule has 0 aliphatic heterocycles. The number of rotatable bonds is 3. The first-order chi connectivity index (χ1) is 14.0. The highest BCUT2D eigenvalue weighted by atomic mass is 16.5. The lowest BCUT2D eigenvalue weighted by atomic mass is 9.78. The Morgan fingerprint density at radius 1 is 0.767 bits per heavy atom.